The molecule has 1 aromatic heterocycles. The topological polar surface area (TPSA) is 107 Å². The van der Waals surface area contributed by atoms with Gasteiger partial charge in [0.25, 0.3) is 15.9 Å². The first-order chi connectivity index (χ1) is 15.2. The minimum atomic E-state index is -4.21. The SMILES string of the molecule is COc1cc(OC)c(NS(=O)(=O)c2cc(C(=O)Nc3ncccc3C)ccc2Cl)cc1Cl. The van der Waals surface area contributed by atoms with Gasteiger partial charge in [-0.15, -0.1) is 0 Å². The van der Waals surface area contributed by atoms with Gasteiger partial charge in [-0.05, 0) is 42.8 Å². The molecule has 0 atom stereocenters. The average Bonchev–Trinajstić information content (AvgIpc) is 2.75. The Balaban J connectivity index is 1.94. The third kappa shape index (κ3) is 5.07. The van der Waals surface area contributed by atoms with Crippen LogP contribution >= 0.6 is 23.2 Å². The summed E-state index contributed by atoms with van der Waals surface area (Å²) in [7, 11) is -1.41. The molecular formula is C21H19Cl2N3O5S. The Kier molecular flexibility index (Phi) is 7.12. The zero-order valence-electron chi connectivity index (χ0n) is 17.3. The van der Waals surface area contributed by atoms with Crippen LogP contribution in [0.3, 0.4) is 0 Å². The van der Waals surface area contributed by atoms with Crippen molar-refractivity contribution in [3.8, 4) is 11.5 Å². The van der Waals surface area contributed by atoms with Gasteiger partial charge in [0.05, 0.1) is 30.0 Å². The van der Waals surface area contributed by atoms with Crippen LogP contribution in [0.2, 0.25) is 10.0 Å². The van der Waals surface area contributed by atoms with E-state index in [1.807, 2.05) is 0 Å². The Labute approximate surface area is 195 Å². The minimum Gasteiger partial charge on any atom is -0.495 e. The van der Waals surface area contributed by atoms with Crippen LogP contribution in [0.1, 0.15) is 15.9 Å². The zero-order chi connectivity index (χ0) is 23.5. The van der Waals surface area contributed by atoms with Crippen LogP contribution in [0.15, 0.2) is 53.6 Å². The summed E-state index contributed by atoms with van der Waals surface area (Å²) in [6.45, 7) is 1.79. The smallest absolute Gasteiger partial charge is 0.263 e. The quantitative estimate of drug-likeness (QED) is 0.488. The lowest BCUT2D eigenvalue weighted by Crippen LogP contribution is -2.17. The number of nitrogens with zero attached hydrogens (tertiary/aromatic N) is 1. The standard InChI is InChI=1S/C21H19Cl2N3O5S/c1-12-5-4-8-24-20(12)25-21(27)13-6-7-14(22)19(9-13)32(28,29)26-16-10-15(23)17(30-2)11-18(16)31-3/h4-11,26H,1-3H3,(H,24,25,27). The highest BCUT2D eigenvalue weighted by Gasteiger charge is 2.23. The lowest BCUT2D eigenvalue weighted by molar-refractivity contribution is 0.102. The van der Waals surface area contributed by atoms with Gasteiger partial charge in [-0.1, -0.05) is 29.3 Å². The maximum absolute atomic E-state index is 13.1. The second-order valence-electron chi connectivity index (χ2n) is 6.56. The van der Waals surface area contributed by atoms with E-state index in [0.717, 1.165) is 5.56 Å². The van der Waals surface area contributed by atoms with Crippen molar-refractivity contribution in [3.05, 3.63) is 69.8 Å². The van der Waals surface area contributed by atoms with E-state index in [1.54, 1.807) is 19.1 Å². The fraction of sp³-hybridized carbons (Fsp3) is 0.143. The van der Waals surface area contributed by atoms with Crippen LogP contribution < -0.4 is 19.5 Å². The number of hydrogen-bond acceptors (Lipinski definition) is 6. The Hall–Kier alpha value is -3.01. The Bertz CT molecular complexity index is 1280. The number of rotatable bonds is 7. The van der Waals surface area contributed by atoms with Gasteiger partial charge >= 0.3 is 0 Å². The first-order valence-electron chi connectivity index (χ1n) is 9.13. The molecule has 168 valence electrons. The molecule has 0 aliphatic heterocycles. The number of anilines is 2. The molecule has 1 amide bonds. The van der Waals surface area contributed by atoms with Gasteiger partial charge < -0.3 is 14.8 Å². The van der Waals surface area contributed by atoms with E-state index >= 15 is 0 Å². The molecule has 1 heterocycles. The highest BCUT2D eigenvalue weighted by molar-refractivity contribution is 7.92. The number of nitrogens with one attached hydrogen (secondary N) is 2. The van der Waals surface area contributed by atoms with Crippen LogP contribution in [0.25, 0.3) is 0 Å². The van der Waals surface area contributed by atoms with Crippen LogP contribution in [-0.4, -0.2) is 33.5 Å². The fourth-order valence-electron chi connectivity index (χ4n) is 2.79. The Morgan fingerprint density at radius 2 is 1.72 bits per heavy atom. The van der Waals surface area contributed by atoms with E-state index in [4.69, 9.17) is 32.7 Å². The molecule has 0 aliphatic rings. The van der Waals surface area contributed by atoms with Gasteiger partial charge in [0.1, 0.15) is 22.2 Å². The molecule has 2 N–H and O–H groups in total. The molecule has 0 aliphatic carbocycles. The third-order valence-electron chi connectivity index (χ3n) is 4.44. The normalized spacial score (nSPS) is 11.0. The maximum atomic E-state index is 13.1. The minimum absolute atomic E-state index is 0.0679. The van der Waals surface area contributed by atoms with Gasteiger partial charge in [0, 0.05) is 17.8 Å². The number of ether oxygens (including phenoxy) is 2. The van der Waals surface area contributed by atoms with Crippen LogP contribution in [0.4, 0.5) is 11.5 Å². The highest BCUT2D eigenvalue weighted by Crippen LogP contribution is 2.37. The Morgan fingerprint density at radius 3 is 2.38 bits per heavy atom. The molecule has 3 rings (SSSR count). The summed E-state index contributed by atoms with van der Waals surface area (Å²) >= 11 is 12.3. The summed E-state index contributed by atoms with van der Waals surface area (Å²) in [6, 6.07) is 10.2. The summed E-state index contributed by atoms with van der Waals surface area (Å²) in [4.78, 5) is 16.5. The maximum Gasteiger partial charge on any atom is 0.263 e. The summed E-state index contributed by atoms with van der Waals surface area (Å²) < 4.78 is 38.9. The number of pyridine rings is 1. The second kappa shape index (κ2) is 9.64. The number of sulfonamides is 1. The molecular weight excluding hydrogens is 477 g/mol. The number of amides is 1. The number of aromatic nitrogens is 1. The number of hydrogen-bond donors (Lipinski definition) is 2. The van der Waals surface area contributed by atoms with Crippen molar-refractivity contribution in [3.63, 3.8) is 0 Å². The lowest BCUT2D eigenvalue weighted by atomic mass is 10.2. The van der Waals surface area contributed by atoms with Crippen molar-refractivity contribution in [2.45, 2.75) is 11.8 Å². The molecule has 0 radical (unpaired) electrons. The molecule has 0 bridgehead atoms. The van der Waals surface area contributed by atoms with Gasteiger partial charge in [-0.2, -0.15) is 0 Å². The molecule has 8 nitrogen and oxygen atoms in total. The number of aryl methyl sites for hydroxylation is 1. The van der Waals surface area contributed by atoms with E-state index in [0.29, 0.717) is 11.6 Å². The summed E-state index contributed by atoms with van der Waals surface area (Å²) in [5.41, 5.74) is 0.917. The van der Waals surface area contributed by atoms with E-state index in [-0.39, 0.29) is 31.9 Å². The van der Waals surface area contributed by atoms with E-state index in [9.17, 15) is 13.2 Å². The first kappa shape index (κ1) is 23.6. The van der Waals surface area contributed by atoms with Crippen molar-refractivity contribution in [1.82, 2.24) is 4.98 Å². The third-order valence-corrected chi connectivity index (χ3v) is 6.58. The van der Waals surface area contributed by atoms with Crippen LogP contribution in [0.5, 0.6) is 11.5 Å². The molecule has 0 unspecified atom stereocenters. The van der Waals surface area contributed by atoms with Crippen molar-refractivity contribution < 1.29 is 22.7 Å². The molecule has 2 aromatic carbocycles. The molecule has 0 fully saturated rings. The number of halogens is 2. The van der Waals surface area contributed by atoms with Crippen LogP contribution in [-0.2, 0) is 10.0 Å². The van der Waals surface area contributed by atoms with Gasteiger partial charge in [-0.25, -0.2) is 13.4 Å². The predicted octanol–water partition coefficient (Wildman–Crippen LogP) is 4.77. The van der Waals surface area contributed by atoms with Crippen molar-refractivity contribution in [2.24, 2.45) is 0 Å². The van der Waals surface area contributed by atoms with Gasteiger partial charge in [-0.3, -0.25) is 9.52 Å². The van der Waals surface area contributed by atoms with E-state index < -0.39 is 15.9 Å². The molecule has 0 saturated heterocycles. The van der Waals surface area contributed by atoms with Crippen molar-refractivity contribution in [1.29, 1.82) is 0 Å². The predicted molar refractivity (Wildman–Crippen MR) is 124 cm³/mol. The molecule has 0 saturated carbocycles. The van der Waals surface area contributed by atoms with Gasteiger partial charge in [0.2, 0.25) is 0 Å². The van der Waals surface area contributed by atoms with Gasteiger partial charge in [0.15, 0.2) is 0 Å². The second-order valence-corrected chi connectivity index (χ2v) is 9.03. The lowest BCUT2D eigenvalue weighted by Gasteiger charge is -2.15. The largest absolute Gasteiger partial charge is 0.495 e. The van der Waals surface area contributed by atoms with Crippen LogP contribution in [0, 0.1) is 6.92 Å². The highest BCUT2D eigenvalue weighted by atomic mass is 35.5. The Morgan fingerprint density at radius 1 is 1.00 bits per heavy atom. The number of carbonyl (C=O) groups excluding carboxylic acids is 1. The number of benzene rings is 2. The van der Waals surface area contributed by atoms with E-state index in [2.05, 4.69) is 15.0 Å². The first-order valence-corrected chi connectivity index (χ1v) is 11.4. The molecule has 3 aromatic rings. The molecule has 32 heavy (non-hydrogen) atoms. The number of methoxy groups -OCH3 is 2. The summed E-state index contributed by atoms with van der Waals surface area (Å²) in [6.07, 6.45) is 1.54. The summed E-state index contributed by atoms with van der Waals surface area (Å²) in [5.74, 6) is 0.330. The van der Waals surface area contributed by atoms with Crippen molar-refractivity contribution >= 4 is 50.6 Å². The monoisotopic (exact) mass is 495 g/mol. The molecule has 11 heteroatoms. The fourth-order valence-corrected chi connectivity index (χ4v) is 4.62. The number of carbonyl (C=O) groups is 1. The zero-order valence-corrected chi connectivity index (χ0v) is 19.6. The molecule has 0 spiro atoms. The van der Waals surface area contributed by atoms with E-state index in [1.165, 1.54) is 50.7 Å². The average molecular weight is 496 g/mol. The summed E-state index contributed by atoms with van der Waals surface area (Å²) in [5, 5.41) is 2.76. The van der Waals surface area contributed by atoms with Crippen molar-refractivity contribution in [2.75, 3.05) is 24.3 Å².